The van der Waals surface area contributed by atoms with Gasteiger partial charge in [-0.25, -0.2) is 0 Å². The van der Waals surface area contributed by atoms with Gasteiger partial charge in [-0.1, -0.05) is 35.5 Å². The molecule has 3 rings (SSSR count). The monoisotopic (exact) mass is 338 g/mol. The van der Waals surface area contributed by atoms with E-state index >= 15 is 0 Å². The molecule has 128 valence electrons. The van der Waals surface area contributed by atoms with Crippen LogP contribution >= 0.6 is 0 Å². The molecule has 0 aliphatic heterocycles. The standard InChI is InChI=1S/C19H18N2O4/c1-23-15-8-9-17(24-2)16(12-15)20-19(22)11-14-10-18(25-21-14)13-6-4-3-5-7-13/h3-10,12H,11H2,1-2H3,(H,20,22). The van der Waals surface area contributed by atoms with Crippen LogP contribution in [-0.4, -0.2) is 25.3 Å². The lowest BCUT2D eigenvalue weighted by Gasteiger charge is -2.11. The van der Waals surface area contributed by atoms with E-state index in [0.29, 0.717) is 28.6 Å². The summed E-state index contributed by atoms with van der Waals surface area (Å²) in [6.45, 7) is 0. The quantitative estimate of drug-likeness (QED) is 0.744. The number of amides is 1. The summed E-state index contributed by atoms with van der Waals surface area (Å²) in [6.07, 6.45) is 0.0939. The summed E-state index contributed by atoms with van der Waals surface area (Å²) in [5.74, 6) is 1.59. The van der Waals surface area contributed by atoms with Crippen molar-refractivity contribution in [3.8, 4) is 22.8 Å². The van der Waals surface area contributed by atoms with Crippen molar-refractivity contribution in [2.24, 2.45) is 0 Å². The number of benzene rings is 2. The van der Waals surface area contributed by atoms with Crippen molar-refractivity contribution in [1.29, 1.82) is 0 Å². The maximum atomic E-state index is 12.3. The molecule has 0 saturated carbocycles. The van der Waals surface area contributed by atoms with Gasteiger partial charge in [0, 0.05) is 17.7 Å². The molecular weight excluding hydrogens is 320 g/mol. The van der Waals surface area contributed by atoms with Crippen molar-refractivity contribution in [3.05, 3.63) is 60.3 Å². The van der Waals surface area contributed by atoms with Crippen LogP contribution in [0.2, 0.25) is 0 Å². The molecule has 0 fully saturated rings. The molecule has 6 nitrogen and oxygen atoms in total. The lowest BCUT2D eigenvalue weighted by molar-refractivity contribution is -0.115. The topological polar surface area (TPSA) is 73.6 Å². The van der Waals surface area contributed by atoms with Gasteiger partial charge in [0.15, 0.2) is 5.76 Å². The second-order valence-corrected chi connectivity index (χ2v) is 5.34. The summed E-state index contributed by atoms with van der Waals surface area (Å²) in [4.78, 5) is 12.3. The van der Waals surface area contributed by atoms with Crippen molar-refractivity contribution in [2.45, 2.75) is 6.42 Å². The minimum absolute atomic E-state index is 0.0939. The summed E-state index contributed by atoms with van der Waals surface area (Å²) in [6, 6.07) is 16.6. The van der Waals surface area contributed by atoms with Gasteiger partial charge in [-0.15, -0.1) is 0 Å². The van der Waals surface area contributed by atoms with Crippen LogP contribution in [0.15, 0.2) is 59.1 Å². The SMILES string of the molecule is COc1ccc(OC)c(NC(=O)Cc2cc(-c3ccccc3)on2)c1. The van der Waals surface area contributed by atoms with E-state index in [-0.39, 0.29) is 12.3 Å². The largest absolute Gasteiger partial charge is 0.497 e. The van der Waals surface area contributed by atoms with E-state index in [9.17, 15) is 4.79 Å². The van der Waals surface area contributed by atoms with Gasteiger partial charge in [0.1, 0.15) is 11.5 Å². The Kier molecular flexibility index (Phi) is 4.99. The van der Waals surface area contributed by atoms with E-state index in [1.54, 1.807) is 38.5 Å². The summed E-state index contributed by atoms with van der Waals surface area (Å²) in [7, 11) is 3.11. The second kappa shape index (κ2) is 7.53. The molecule has 1 amide bonds. The van der Waals surface area contributed by atoms with Gasteiger partial charge < -0.3 is 19.3 Å². The number of aromatic nitrogens is 1. The highest BCUT2D eigenvalue weighted by atomic mass is 16.5. The van der Waals surface area contributed by atoms with Crippen molar-refractivity contribution in [2.75, 3.05) is 19.5 Å². The third-order valence-corrected chi connectivity index (χ3v) is 3.64. The van der Waals surface area contributed by atoms with Crippen molar-refractivity contribution >= 4 is 11.6 Å². The molecule has 0 radical (unpaired) electrons. The lowest BCUT2D eigenvalue weighted by Crippen LogP contribution is -2.15. The fourth-order valence-electron chi connectivity index (χ4n) is 2.40. The van der Waals surface area contributed by atoms with Crippen molar-refractivity contribution in [1.82, 2.24) is 5.16 Å². The Hall–Kier alpha value is -3.28. The van der Waals surface area contributed by atoms with Crippen LogP contribution in [-0.2, 0) is 11.2 Å². The average Bonchev–Trinajstić information content (AvgIpc) is 3.10. The molecular formula is C19H18N2O4. The number of hydrogen-bond acceptors (Lipinski definition) is 5. The van der Waals surface area contributed by atoms with Crippen molar-refractivity contribution < 1.29 is 18.8 Å². The predicted octanol–water partition coefficient (Wildman–Crippen LogP) is 3.54. The Balaban J connectivity index is 1.70. The number of carbonyl (C=O) groups is 1. The van der Waals surface area contributed by atoms with E-state index < -0.39 is 0 Å². The third kappa shape index (κ3) is 3.98. The van der Waals surface area contributed by atoms with Gasteiger partial charge in [0.2, 0.25) is 5.91 Å². The number of anilines is 1. The van der Waals surface area contributed by atoms with Gasteiger partial charge in [0.25, 0.3) is 0 Å². The average molecular weight is 338 g/mol. The first-order valence-corrected chi connectivity index (χ1v) is 7.72. The summed E-state index contributed by atoms with van der Waals surface area (Å²) in [5.41, 5.74) is 2.01. The first-order valence-electron chi connectivity index (χ1n) is 7.72. The van der Waals surface area contributed by atoms with Gasteiger partial charge >= 0.3 is 0 Å². The maximum absolute atomic E-state index is 12.3. The van der Waals surface area contributed by atoms with Gasteiger partial charge in [-0.3, -0.25) is 4.79 Å². The molecule has 1 aromatic heterocycles. The van der Waals surface area contributed by atoms with Crippen LogP contribution in [0.4, 0.5) is 5.69 Å². The Morgan fingerprint density at radius 2 is 1.88 bits per heavy atom. The minimum Gasteiger partial charge on any atom is -0.497 e. The molecule has 0 saturated heterocycles. The van der Waals surface area contributed by atoms with Crippen LogP contribution in [0.5, 0.6) is 11.5 Å². The third-order valence-electron chi connectivity index (χ3n) is 3.64. The zero-order valence-electron chi connectivity index (χ0n) is 14.0. The van der Waals surface area contributed by atoms with Crippen molar-refractivity contribution in [3.63, 3.8) is 0 Å². The zero-order valence-corrected chi connectivity index (χ0v) is 14.0. The molecule has 0 bridgehead atoms. The second-order valence-electron chi connectivity index (χ2n) is 5.34. The fourth-order valence-corrected chi connectivity index (χ4v) is 2.40. The van der Waals surface area contributed by atoms with E-state index in [1.165, 1.54) is 0 Å². The summed E-state index contributed by atoms with van der Waals surface area (Å²) >= 11 is 0. The molecule has 0 atom stereocenters. The minimum atomic E-state index is -0.223. The summed E-state index contributed by atoms with van der Waals surface area (Å²) < 4.78 is 15.7. The number of hydrogen-bond donors (Lipinski definition) is 1. The molecule has 2 aromatic carbocycles. The van der Waals surface area contributed by atoms with E-state index in [2.05, 4.69) is 10.5 Å². The molecule has 0 unspecified atom stereocenters. The maximum Gasteiger partial charge on any atom is 0.230 e. The van der Waals surface area contributed by atoms with Crippen LogP contribution in [0.1, 0.15) is 5.69 Å². The smallest absolute Gasteiger partial charge is 0.230 e. The number of ether oxygens (including phenoxy) is 2. The highest BCUT2D eigenvalue weighted by Crippen LogP contribution is 2.29. The number of nitrogens with one attached hydrogen (secondary N) is 1. The molecule has 6 heteroatoms. The molecule has 0 aliphatic carbocycles. The number of methoxy groups -OCH3 is 2. The Morgan fingerprint density at radius 3 is 2.60 bits per heavy atom. The van der Waals surface area contributed by atoms with Crippen LogP contribution in [0.25, 0.3) is 11.3 Å². The molecule has 25 heavy (non-hydrogen) atoms. The Labute approximate surface area is 145 Å². The Morgan fingerprint density at radius 1 is 1.08 bits per heavy atom. The fraction of sp³-hybridized carbons (Fsp3) is 0.158. The van der Waals surface area contributed by atoms with E-state index in [4.69, 9.17) is 14.0 Å². The van der Waals surface area contributed by atoms with Crippen LogP contribution < -0.4 is 14.8 Å². The number of nitrogens with zero attached hydrogens (tertiary/aromatic N) is 1. The highest BCUT2D eigenvalue weighted by Gasteiger charge is 2.13. The van der Waals surface area contributed by atoms with Crippen LogP contribution in [0, 0.1) is 0 Å². The molecule has 1 heterocycles. The molecule has 1 N–H and O–H groups in total. The zero-order chi connectivity index (χ0) is 17.6. The lowest BCUT2D eigenvalue weighted by atomic mass is 10.1. The van der Waals surface area contributed by atoms with E-state index in [0.717, 1.165) is 5.56 Å². The van der Waals surface area contributed by atoms with Gasteiger partial charge in [-0.05, 0) is 12.1 Å². The molecule has 3 aromatic rings. The first kappa shape index (κ1) is 16.6. The normalized spacial score (nSPS) is 10.3. The first-order chi connectivity index (χ1) is 12.2. The molecule has 0 spiro atoms. The van der Waals surface area contributed by atoms with Gasteiger partial charge in [-0.2, -0.15) is 0 Å². The van der Waals surface area contributed by atoms with Crippen LogP contribution in [0.3, 0.4) is 0 Å². The highest BCUT2D eigenvalue weighted by molar-refractivity contribution is 5.93. The predicted molar refractivity (Wildman–Crippen MR) is 93.8 cm³/mol. The van der Waals surface area contributed by atoms with Gasteiger partial charge in [0.05, 0.1) is 32.0 Å². The molecule has 0 aliphatic rings. The Bertz CT molecular complexity index is 859. The number of carbonyl (C=O) groups excluding carboxylic acids is 1. The summed E-state index contributed by atoms with van der Waals surface area (Å²) in [5, 5.41) is 6.77. The van der Waals surface area contributed by atoms with E-state index in [1.807, 2.05) is 30.3 Å². The number of rotatable bonds is 6.